The van der Waals surface area contributed by atoms with E-state index in [4.69, 9.17) is 18.9 Å². The van der Waals surface area contributed by atoms with E-state index in [2.05, 4.69) is 12.1 Å². The molecule has 0 aliphatic carbocycles. The average molecular weight is 623 g/mol. The highest BCUT2D eigenvalue weighted by molar-refractivity contribution is 5.74. The third-order valence-electron chi connectivity index (χ3n) is 9.63. The topological polar surface area (TPSA) is 179 Å². The van der Waals surface area contributed by atoms with Gasteiger partial charge in [-0.2, -0.15) is 0 Å². The van der Waals surface area contributed by atoms with E-state index in [0.717, 1.165) is 33.4 Å². The number of aryl methyl sites for hydroxylation is 2. The number of hydrogen-bond donors (Lipinski definition) is 7. The van der Waals surface area contributed by atoms with Gasteiger partial charge in [0.25, 0.3) is 0 Å². The smallest absolute Gasteiger partial charge is 0.240 e. The fraction of sp³-hybridized carbons (Fsp3) is 0.471. The number of fused-ring (bicyclic) bond motifs is 2. The molecular formula is C34H38O11. The van der Waals surface area contributed by atoms with Crippen LogP contribution >= 0.6 is 0 Å². The lowest BCUT2D eigenvalue weighted by molar-refractivity contribution is -0.342. The second-order valence-corrected chi connectivity index (χ2v) is 12.5. The number of benzene rings is 3. The molecule has 7 N–H and O–H groups in total. The largest absolute Gasteiger partial charge is 0.459 e. The summed E-state index contributed by atoms with van der Waals surface area (Å²) in [5.74, 6) is -1.91. The highest BCUT2D eigenvalue weighted by Gasteiger charge is 2.56. The first kappa shape index (κ1) is 30.5. The monoisotopic (exact) mass is 622 g/mol. The second kappa shape index (κ2) is 11.6. The molecule has 2 spiro atoms. The first-order valence-corrected chi connectivity index (χ1v) is 15.4. The first-order chi connectivity index (χ1) is 21.6. The molecule has 11 nitrogen and oxygen atoms in total. The van der Waals surface area contributed by atoms with Gasteiger partial charge in [0.2, 0.25) is 11.6 Å². The Morgan fingerprint density at radius 3 is 1.73 bits per heavy atom. The summed E-state index contributed by atoms with van der Waals surface area (Å²) in [6.45, 7) is -0.796. The van der Waals surface area contributed by atoms with Crippen LogP contribution in [0.25, 0.3) is 22.3 Å². The molecule has 0 saturated carbocycles. The Morgan fingerprint density at radius 1 is 0.622 bits per heavy atom. The minimum Gasteiger partial charge on any atom is -0.459 e. The Hall–Kier alpha value is -3.10. The van der Waals surface area contributed by atoms with Crippen LogP contribution in [0.5, 0.6) is 11.5 Å². The number of hydrogen-bond acceptors (Lipinski definition) is 11. The van der Waals surface area contributed by atoms with Crippen molar-refractivity contribution in [2.45, 2.75) is 86.4 Å². The van der Waals surface area contributed by atoms with E-state index >= 15 is 0 Å². The standard InChI is InChI=1S/C34H38O11/c35-16-24-15-25(37)31(40)33(42-24)10-8-22-13-20(4-6-26(22)43-33)18-2-1-3-19(12-18)21-5-7-27-23(14-21)9-11-34(44-27)32(41)30(39)29(38)28(17-36)45-34/h1-7,12-14,24-25,28-32,35-41H,8-11,15-17H2. The van der Waals surface area contributed by atoms with E-state index in [1.54, 1.807) is 6.07 Å². The van der Waals surface area contributed by atoms with Crippen molar-refractivity contribution in [3.05, 3.63) is 71.8 Å². The molecule has 4 heterocycles. The fourth-order valence-corrected chi connectivity index (χ4v) is 7.07. The molecule has 0 amide bonds. The quantitative estimate of drug-likeness (QED) is 0.221. The van der Waals surface area contributed by atoms with Crippen molar-refractivity contribution in [3.63, 3.8) is 0 Å². The van der Waals surface area contributed by atoms with Crippen LogP contribution in [-0.4, -0.2) is 103 Å². The third-order valence-corrected chi connectivity index (χ3v) is 9.63. The molecule has 0 radical (unpaired) electrons. The number of rotatable bonds is 4. The zero-order valence-corrected chi connectivity index (χ0v) is 24.5. The van der Waals surface area contributed by atoms with E-state index in [0.29, 0.717) is 30.8 Å². The Labute approximate surface area is 259 Å². The van der Waals surface area contributed by atoms with Gasteiger partial charge in [-0.3, -0.25) is 0 Å². The Balaban J connectivity index is 1.11. The van der Waals surface area contributed by atoms with E-state index < -0.39 is 60.9 Å². The molecule has 3 aromatic rings. The normalized spacial score (nSPS) is 35.8. The van der Waals surface area contributed by atoms with Gasteiger partial charge in [0, 0.05) is 19.3 Å². The lowest BCUT2D eigenvalue weighted by atomic mass is 9.86. The summed E-state index contributed by atoms with van der Waals surface area (Å²) in [6, 6.07) is 19.7. The maximum atomic E-state index is 10.7. The van der Waals surface area contributed by atoms with E-state index in [1.807, 2.05) is 42.5 Å². The molecule has 4 aliphatic heterocycles. The summed E-state index contributed by atoms with van der Waals surface area (Å²) in [4.78, 5) is 0. The van der Waals surface area contributed by atoms with Crippen LogP contribution in [0.15, 0.2) is 60.7 Å². The fourth-order valence-electron chi connectivity index (χ4n) is 7.07. The highest BCUT2D eigenvalue weighted by Crippen LogP contribution is 2.44. The highest BCUT2D eigenvalue weighted by atomic mass is 16.7. The van der Waals surface area contributed by atoms with Crippen molar-refractivity contribution >= 4 is 0 Å². The molecule has 7 rings (SSSR count). The van der Waals surface area contributed by atoms with Gasteiger partial charge >= 0.3 is 0 Å². The molecule has 45 heavy (non-hydrogen) atoms. The predicted molar refractivity (Wildman–Crippen MR) is 159 cm³/mol. The van der Waals surface area contributed by atoms with Crippen molar-refractivity contribution < 1.29 is 54.7 Å². The number of aliphatic hydroxyl groups is 7. The minimum absolute atomic E-state index is 0.140. The molecule has 4 aliphatic rings. The molecule has 0 aromatic heterocycles. The molecule has 2 fully saturated rings. The number of ether oxygens (including phenoxy) is 4. The molecular weight excluding hydrogens is 584 g/mol. The van der Waals surface area contributed by atoms with Gasteiger partial charge in [-0.1, -0.05) is 30.3 Å². The maximum absolute atomic E-state index is 10.7. The van der Waals surface area contributed by atoms with Gasteiger partial charge in [0.15, 0.2) is 0 Å². The van der Waals surface area contributed by atoms with Crippen LogP contribution in [0.2, 0.25) is 0 Å². The van der Waals surface area contributed by atoms with Gasteiger partial charge in [0.1, 0.15) is 42.0 Å². The lowest BCUT2D eigenvalue weighted by Crippen LogP contribution is -2.68. The molecule has 0 bridgehead atoms. The Morgan fingerprint density at radius 2 is 1.18 bits per heavy atom. The van der Waals surface area contributed by atoms with Crippen molar-refractivity contribution in [2.24, 2.45) is 0 Å². The maximum Gasteiger partial charge on any atom is 0.240 e. The van der Waals surface area contributed by atoms with Crippen molar-refractivity contribution in [1.29, 1.82) is 0 Å². The molecule has 2 saturated heterocycles. The van der Waals surface area contributed by atoms with E-state index in [9.17, 15) is 35.7 Å². The van der Waals surface area contributed by atoms with E-state index in [1.165, 1.54) is 0 Å². The Kier molecular flexibility index (Phi) is 7.88. The molecule has 9 atom stereocenters. The van der Waals surface area contributed by atoms with Crippen LogP contribution in [-0.2, 0) is 22.3 Å². The van der Waals surface area contributed by atoms with Crippen molar-refractivity contribution in [2.75, 3.05) is 13.2 Å². The Bertz CT molecular complexity index is 1560. The number of aliphatic hydroxyl groups excluding tert-OH is 7. The molecule has 11 heteroatoms. The summed E-state index contributed by atoms with van der Waals surface area (Å²) >= 11 is 0. The zero-order chi connectivity index (χ0) is 31.5. The van der Waals surface area contributed by atoms with Crippen LogP contribution in [0.1, 0.15) is 30.4 Å². The van der Waals surface area contributed by atoms with Gasteiger partial charge in [0.05, 0.1) is 25.4 Å². The van der Waals surface area contributed by atoms with E-state index in [-0.39, 0.29) is 19.4 Å². The average Bonchev–Trinajstić information content (AvgIpc) is 3.07. The van der Waals surface area contributed by atoms with Gasteiger partial charge in [-0.15, -0.1) is 0 Å². The summed E-state index contributed by atoms with van der Waals surface area (Å²) in [5, 5.41) is 71.6. The molecule has 3 aromatic carbocycles. The first-order valence-electron chi connectivity index (χ1n) is 15.4. The zero-order valence-electron chi connectivity index (χ0n) is 24.5. The molecule has 240 valence electrons. The van der Waals surface area contributed by atoms with Crippen LogP contribution < -0.4 is 9.47 Å². The van der Waals surface area contributed by atoms with Gasteiger partial charge in [-0.05, 0) is 76.6 Å². The minimum atomic E-state index is -1.57. The van der Waals surface area contributed by atoms with Crippen LogP contribution in [0.4, 0.5) is 0 Å². The summed E-state index contributed by atoms with van der Waals surface area (Å²) in [6.07, 6.45) is -6.67. The predicted octanol–water partition coefficient (Wildman–Crippen LogP) is 1.04. The third kappa shape index (κ3) is 5.22. The van der Waals surface area contributed by atoms with Gasteiger partial charge in [-0.25, -0.2) is 0 Å². The van der Waals surface area contributed by atoms with Crippen molar-refractivity contribution in [3.8, 4) is 33.8 Å². The summed E-state index contributed by atoms with van der Waals surface area (Å²) in [5.41, 5.74) is 5.79. The lowest BCUT2D eigenvalue weighted by Gasteiger charge is -2.49. The summed E-state index contributed by atoms with van der Waals surface area (Å²) < 4.78 is 24.0. The SMILES string of the molecule is OCC1CC(O)C(O)C2(CCc3cc(-c4cccc(-c5ccc6c(c5)CCC5(O6)OC(CO)C(O)C(O)C5O)c4)ccc3O2)O1. The van der Waals surface area contributed by atoms with Crippen molar-refractivity contribution in [1.82, 2.24) is 0 Å². The second-order valence-electron chi connectivity index (χ2n) is 12.5. The van der Waals surface area contributed by atoms with Crippen LogP contribution in [0.3, 0.4) is 0 Å². The van der Waals surface area contributed by atoms with Gasteiger partial charge < -0.3 is 54.7 Å². The summed E-state index contributed by atoms with van der Waals surface area (Å²) in [7, 11) is 0. The molecule has 9 unspecified atom stereocenters. The van der Waals surface area contributed by atoms with Crippen LogP contribution in [0, 0.1) is 0 Å².